The van der Waals surface area contributed by atoms with Gasteiger partial charge in [0.25, 0.3) is 0 Å². The molecule has 0 fully saturated rings. The van der Waals surface area contributed by atoms with Crippen LogP contribution in [0.4, 0.5) is 10.1 Å². The van der Waals surface area contributed by atoms with Crippen molar-refractivity contribution >= 4 is 11.7 Å². The standard InChI is InChI=1S/C20H22FNO3/c1-4-25-20(23)14(2)13-19(17-7-5-6-8-18(17)21)22-15-9-11-16(24-3)12-10-15/h5-12,19,22H,2,4,13H2,1,3H3. The molecule has 0 heterocycles. The number of esters is 1. The van der Waals surface area contributed by atoms with Crippen molar-refractivity contribution in [2.24, 2.45) is 0 Å². The summed E-state index contributed by atoms with van der Waals surface area (Å²) in [4.78, 5) is 11.9. The van der Waals surface area contributed by atoms with Gasteiger partial charge in [-0.25, -0.2) is 9.18 Å². The molecule has 2 aromatic carbocycles. The first-order valence-corrected chi connectivity index (χ1v) is 8.05. The lowest BCUT2D eigenvalue weighted by atomic mass is 9.98. The van der Waals surface area contributed by atoms with Gasteiger partial charge in [-0.15, -0.1) is 0 Å². The smallest absolute Gasteiger partial charge is 0.333 e. The van der Waals surface area contributed by atoms with Crippen LogP contribution in [0.1, 0.15) is 24.9 Å². The number of rotatable bonds is 8. The van der Waals surface area contributed by atoms with Gasteiger partial charge in [0.15, 0.2) is 0 Å². The molecule has 2 rings (SSSR count). The molecule has 132 valence electrons. The molecule has 1 N–H and O–H groups in total. The first-order valence-electron chi connectivity index (χ1n) is 8.05. The third-order valence-corrected chi connectivity index (χ3v) is 3.73. The number of hydrogen-bond donors (Lipinski definition) is 1. The van der Waals surface area contributed by atoms with Crippen LogP contribution in [0.3, 0.4) is 0 Å². The van der Waals surface area contributed by atoms with E-state index < -0.39 is 12.0 Å². The second kappa shape index (κ2) is 8.87. The van der Waals surface area contributed by atoms with Gasteiger partial charge in [-0.1, -0.05) is 24.8 Å². The molecule has 0 saturated carbocycles. The van der Waals surface area contributed by atoms with E-state index in [-0.39, 0.29) is 24.4 Å². The van der Waals surface area contributed by atoms with Crippen molar-refractivity contribution in [3.05, 3.63) is 72.1 Å². The Kier molecular flexibility index (Phi) is 6.57. The lowest BCUT2D eigenvalue weighted by molar-refractivity contribution is -0.138. The van der Waals surface area contributed by atoms with E-state index in [1.54, 1.807) is 44.4 Å². The Balaban J connectivity index is 2.23. The van der Waals surface area contributed by atoms with Gasteiger partial charge >= 0.3 is 5.97 Å². The molecule has 0 radical (unpaired) electrons. The van der Waals surface area contributed by atoms with Gasteiger partial charge in [0, 0.05) is 23.2 Å². The molecule has 2 aromatic rings. The van der Waals surface area contributed by atoms with Crippen LogP contribution in [0.25, 0.3) is 0 Å². The zero-order valence-corrected chi connectivity index (χ0v) is 14.4. The molecule has 0 spiro atoms. The zero-order valence-electron chi connectivity index (χ0n) is 14.4. The summed E-state index contributed by atoms with van der Waals surface area (Å²) in [7, 11) is 1.59. The summed E-state index contributed by atoms with van der Waals surface area (Å²) in [5.41, 5.74) is 1.53. The average molecular weight is 343 g/mol. The number of carbonyl (C=O) groups is 1. The van der Waals surface area contributed by atoms with E-state index in [1.807, 2.05) is 12.1 Å². The molecular formula is C20H22FNO3. The number of halogens is 1. The summed E-state index contributed by atoms with van der Waals surface area (Å²) >= 11 is 0. The van der Waals surface area contributed by atoms with Crippen LogP contribution in [-0.4, -0.2) is 19.7 Å². The fourth-order valence-corrected chi connectivity index (χ4v) is 2.45. The predicted molar refractivity (Wildman–Crippen MR) is 96.1 cm³/mol. The molecule has 0 aliphatic heterocycles. The van der Waals surface area contributed by atoms with E-state index in [1.165, 1.54) is 6.07 Å². The Labute approximate surface area is 147 Å². The normalized spacial score (nSPS) is 11.5. The third-order valence-electron chi connectivity index (χ3n) is 3.73. The van der Waals surface area contributed by atoms with Crippen LogP contribution in [-0.2, 0) is 9.53 Å². The van der Waals surface area contributed by atoms with Gasteiger partial charge < -0.3 is 14.8 Å². The highest BCUT2D eigenvalue weighted by Gasteiger charge is 2.20. The molecule has 0 aromatic heterocycles. The lowest BCUT2D eigenvalue weighted by Gasteiger charge is -2.22. The highest BCUT2D eigenvalue weighted by atomic mass is 19.1. The van der Waals surface area contributed by atoms with Crippen LogP contribution >= 0.6 is 0 Å². The van der Waals surface area contributed by atoms with E-state index in [9.17, 15) is 9.18 Å². The van der Waals surface area contributed by atoms with E-state index in [2.05, 4.69) is 11.9 Å². The highest BCUT2D eigenvalue weighted by Crippen LogP contribution is 2.28. The minimum atomic E-state index is -0.472. The summed E-state index contributed by atoms with van der Waals surface area (Å²) in [5, 5.41) is 3.25. The monoisotopic (exact) mass is 343 g/mol. The fourth-order valence-electron chi connectivity index (χ4n) is 2.45. The largest absolute Gasteiger partial charge is 0.497 e. The maximum atomic E-state index is 14.3. The Morgan fingerprint density at radius 2 is 1.88 bits per heavy atom. The summed E-state index contributed by atoms with van der Waals surface area (Å²) in [6.45, 7) is 5.78. The summed E-state index contributed by atoms with van der Waals surface area (Å²) < 4.78 is 24.4. The quantitative estimate of drug-likeness (QED) is 0.566. The van der Waals surface area contributed by atoms with Crippen molar-refractivity contribution in [2.45, 2.75) is 19.4 Å². The molecule has 0 aliphatic carbocycles. The van der Waals surface area contributed by atoms with Gasteiger partial charge in [0.05, 0.1) is 19.8 Å². The number of ether oxygens (including phenoxy) is 2. The van der Waals surface area contributed by atoms with Crippen molar-refractivity contribution < 1.29 is 18.7 Å². The summed E-state index contributed by atoms with van der Waals surface area (Å²) in [6, 6.07) is 13.3. The minimum absolute atomic E-state index is 0.228. The first-order chi connectivity index (χ1) is 12.0. The van der Waals surface area contributed by atoms with Gasteiger partial charge in [0.1, 0.15) is 11.6 Å². The van der Waals surface area contributed by atoms with Crippen molar-refractivity contribution in [1.29, 1.82) is 0 Å². The van der Waals surface area contributed by atoms with Gasteiger partial charge in [0.2, 0.25) is 0 Å². The summed E-state index contributed by atoms with van der Waals surface area (Å²) in [6.07, 6.45) is 0.228. The molecule has 0 saturated heterocycles. The van der Waals surface area contributed by atoms with Gasteiger partial charge in [-0.2, -0.15) is 0 Å². The van der Waals surface area contributed by atoms with Crippen LogP contribution in [0.15, 0.2) is 60.7 Å². The number of benzene rings is 2. The Bertz CT molecular complexity index is 728. The average Bonchev–Trinajstić information content (AvgIpc) is 2.62. The zero-order chi connectivity index (χ0) is 18.2. The number of hydrogen-bond acceptors (Lipinski definition) is 4. The summed E-state index contributed by atoms with van der Waals surface area (Å²) in [5.74, 6) is -0.0885. The fraction of sp³-hybridized carbons (Fsp3) is 0.250. The van der Waals surface area contributed by atoms with Crippen molar-refractivity contribution in [3.63, 3.8) is 0 Å². The Morgan fingerprint density at radius 1 is 1.20 bits per heavy atom. The molecule has 0 bridgehead atoms. The molecular weight excluding hydrogens is 321 g/mol. The second-order valence-corrected chi connectivity index (χ2v) is 5.48. The third kappa shape index (κ3) is 5.08. The van der Waals surface area contributed by atoms with Crippen molar-refractivity contribution in [2.75, 3.05) is 19.0 Å². The van der Waals surface area contributed by atoms with Crippen molar-refractivity contribution in [1.82, 2.24) is 0 Å². The highest BCUT2D eigenvalue weighted by molar-refractivity contribution is 5.87. The molecule has 5 heteroatoms. The molecule has 1 unspecified atom stereocenters. The maximum Gasteiger partial charge on any atom is 0.333 e. The minimum Gasteiger partial charge on any atom is -0.497 e. The molecule has 0 aliphatic rings. The molecule has 4 nitrogen and oxygen atoms in total. The SMILES string of the molecule is C=C(CC(Nc1ccc(OC)cc1)c1ccccc1F)C(=O)OCC. The number of nitrogens with one attached hydrogen (secondary N) is 1. The van der Waals surface area contributed by atoms with Crippen LogP contribution < -0.4 is 10.1 Å². The van der Waals surface area contributed by atoms with E-state index in [0.29, 0.717) is 5.56 Å². The lowest BCUT2D eigenvalue weighted by Crippen LogP contribution is -2.17. The van der Waals surface area contributed by atoms with E-state index in [0.717, 1.165) is 11.4 Å². The van der Waals surface area contributed by atoms with E-state index in [4.69, 9.17) is 9.47 Å². The van der Waals surface area contributed by atoms with Gasteiger partial charge in [-0.3, -0.25) is 0 Å². The maximum absolute atomic E-state index is 14.3. The van der Waals surface area contributed by atoms with Crippen LogP contribution in [0.5, 0.6) is 5.75 Å². The Hall–Kier alpha value is -2.82. The molecule has 0 amide bonds. The number of methoxy groups -OCH3 is 1. The Morgan fingerprint density at radius 3 is 2.48 bits per heavy atom. The number of carbonyl (C=O) groups excluding carboxylic acids is 1. The molecule has 1 atom stereocenters. The van der Waals surface area contributed by atoms with E-state index >= 15 is 0 Å². The van der Waals surface area contributed by atoms with Gasteiger partial charge in [-0.05, 0) is 37.3 Å². The van der Waals surface area contributed by atoms with Crippen LogP contribution in [0, 0.1) is 5.82 Å². The predicted octanol–water partition coefficient (Wildman–Crippen LogP) is 4.50. The van der Waals surface area contributed by atoms with Crippen molar-refractivity contribution in [3.8, 4) is 5.75 Å². The first kappa shape index (κ1) is 18.5. The molecule has 25 heavy (non-hydrogen) atoms. The topological polar surface area (TPSA) is 47.6 Å². The van der Waals surface area contributed by atoms with Crippen LogP contribution in [0.2, 0.25) is 0 Å². The number of anilines is 1. The second-order valence-electron chi connectivity index (χ2n) is 5.48.